The SMILES string of the molecule is CC(C)(C)OC(=O)CN1C(=O)NC2(CCCc3sccc32)C1=O. The lowest BCUT2D eigenvalue weighted by Crippen LogP contribution is -2.46. The molecule has 124 valence electrons. The normalized spacial score (nSPS) is 23.9. The molecule has 1 saturated heterocycles. The fraction of sp³-hybridized carbons (Fsp3) is 0.562. The largest absolute Gasteiger partial charge is 0.459 e. The molecule has 23 heavy (non-hydrogen) atoms. The Balaban J connectivity index is 1.83. The summed E-state index contributed by atoms with van der Waals surface area (Å²) in [5, 5.41) is 4.75. The smallest absolute Gasteiger partial charge is 0.326 e. The topological polar surface area (TPSA) is 75.7 Å². The molecule has 1 aromatic heterocycles. The molecular weight excluding hydrogens is 316 g/mol. The number of hydrogen-bond donors (Lipinski definition) is 1. The second-order valence-electron chi connectivity index (χ2n) is 6.92. The summed E-state index contributed by atoms with van der Waals surface area (Å²) < 4.78 is 5.22. The molecule has 1 aliphatic carbocycles. The van der Waals surface area contributed by atoms with E-state index in [0.29, 0.717) is 6.42 Å². The van der Waals surface area contributed by atoms with Crippen molar-refractivity contribution in [1.82, 2.24) is 10.2 Å². The Bertz CT molecular complexity index is 676. The molecule has 1 atom stereocenters. The third-order valence-corrected chi connectivity index (χ3v) is 5.02. The van der Waals surface area contributed by atoms with E-state index in [2.05, 4.69) is 5.32 Å². The van der Waals surface area contributed by atoms with Crippen LogP contribution in [0.25, 0.3) is 0 Å². The molecule has 1 N–H and O–H groups in total. The maximum absolute atomic E-state index is 12.9. The van der Waals surface area contributed by atoms with E-state index in [9.17, 15) is 14.4 Å². The Kier molecular flexibility index (Phi) is 3.71. The van der Waals surface area contributed by atoms with Crippen molar-refractivity contribution in [3.8, 4) is 0 Å². The third-order valence-electron chi connectivity index (χ3n) is 4.04. The standard InChI is InChI=1S/C16H20N2O4S/c1-15(2,3)22-12(19)9-18-13(20)16(17-14(18)21)7-4-5-11-10(16)6-8-23-11/h6,8H,4-5,7,9H2,1-3H3,(H,17,21). The highest BCUT2D eigenvalue weighted by molar-refractivity contribution is 7.10. The first-order valence-electron chi connectivity index (χ1n) is 7.66. The Morgan fingerprint density at radius 2 is 2.17 bits per heavy atom. The fourth-order valence-corrected chi connectivity index (χ4v) is 4.19. The maximum atomic E-state index is 12.9. The number of esters is 1. The van der Waals surface area contributed by atoms with E-state index in [-0.39, 0.29) is 12.5 Å². The number of rotatable bonds is 2. The van der Waals surface area contributed by atoms with Gasteiger partial charge in [-0.05, 0) is 51.5 Å². The molecule has 6 nitrogen and oxygen atoms in total. The number of thiophene rings is 1. The van der Waals surface area contributed by atoms with Crippen molar-refractivity contribution < 1.29 is 19.1 Å². The molecular formula is C16H20N2O4S. The van der Waals surface area contributed by atoms with E-state index in [0.717, 1.165) is 28.2 Å². The van der Waals surface area contributed by atoms with Crippen LogP contribution in [0.2, 0.25) is 0 Å². The number of imide groups is 1. The number of hydrogen-bond acceptors (Lipinski definition) is 5. The minimum atomic E-state index is -1.01. The van der Waals surface area contributed by atoms with Crippen LogP contribution in [0.4, 0.5) is 4.79 Å². The first-order chi connectivity index (χ1) is 10.7. The van der Waals surface area contributed by atoms with Crippen LogP contribution in [-0.4, -0.2) is 35.0 Å². The fourth-order valence-electron chi connectivity index (χ4n) is 3.19. The predicted octanol–water partition coefficient (Wildman–Crippen LogP) is 2.17. The summed E-state index contributed by atoms with van der Waals surface area (Å²) in [6.45, 7) is 4.88. The second-order valence-corrected chi connectivity index (χ2v) is 7.92. The molecule has 2 aliphatic rings. The maximum Gasteiger partial charge on any atom is 0.326 e. The van der Waals surface area contributed by atoms with Crippen molar-refractivity contribution in [3.63, 3.8) is 0 Å². The number of fused-ring (bicyclic) bond motifs is 2. The molecule has 0 aromatic carbocycles. The van der Waals surface area contributed by atoms with Gasteiger partial charge < -0.3 is 10.1 Å². The number of nitrogens with zero attached hydrogens (tertiary/aromatic N) is 1. The first-order valence-corrected chi connectivity index (χ1v) is 8.54. The zero-order valence-corrected chi connectivity index (χ0v) is 14.3. The first kappa shape index (κ1) is 16.0. The highest BCUT2D eigenvalue weighted by Gasteiger charge is 2.54. The van der Waals surface area contributed by atoms with E-state index in [1.54, 1.807) is 32.1 Å². The minimum absolute atomic E-state index is 0.354. The van der Waals surface area contributed by atoms with E-state index in [1.807, 2.05) is 11.4 Å². The van der Waals surface area contributed by atoms with Crippen molar-refractivity contribution in [2.24, 2.45) is 0 Å². The molecule has 1 aliphatic heterocycles. The van der Waals surface area contributed by atoms with Gasteiger partial charge in [-0.1, -0.05) is 0 Å². The summed E-state index contributed by atoms with van der Waals surface area (Å²) in [6.07, 6.45) is 2.32. The minimum Gasteiger partial charge on any atom is -0.459 e. The predicted molar refractivity (Wildman–Crippen MR) is 85.0 cm³/mol. The highest BCUT2D eigenvalue weighted by Crippen LogP contribution is 2.42. The average Bonchev–Trinajstić information content (AvgIpc) is 2.98. The van der Waals surface area contributed by atoms with Gasteiger partial charge in [0.1, 0.15) is 17.7 Å². The summed E-state index contributed by atoms with van der Waals surface area (Å²) >= 11 is 1.60. The van der Waals surface area contributed by atoms with Crippen LogP contribution in [0.5, 0.6) is 0 Å². The van der Waals surface area contributed by atoms with Crippen LogP contribution in [0.3, 0.4) is 0 Å². The van der Waals surface area contributed by atoms with Crippen LogP contribution in [-0.2, 0) is 26.3 Å². The molecule has 7 heteroatoms. The number of urea groups is 1. The van der Waals surface area contributed by atoms with E-state index in [1.165, 1.54) is 0 Å². The summed E-state index contributed by atoms with van der Waals surface area (Å²) in [7, 11) is 0. The molecule has 0 bridgehead atoms. The number of amides is 3. The lowest BCUT2D eigenvalue weighted by molar-refractivity contribution is -0.157. The number of carbonyl (C=O) groups is 3. The molecule has 1 spiro atoms. The molecule has 0 radical (unpaired) electrons. The Labute approximate surface area is 138 Å². The third kappa shape index (κ3) is 2.73. The van der Waals surface area contributed by atoms with Crippen LogP contribution in [0.1, 0.15) is 44.1 Å². The van der Waals surface area contributed by atoms with Crippen molar-refractivity contribution in [1.29, 1.82) is 0 Å². The molecule has 3 amide bonds. The van der Waals surface area contributed by atoms with Gasteiger partial charge in [0.25, 0.3) is 5.91 Å². The number of aryl methyl sites for hydroxylation is 1. The van der Waals surface area contributed by atoms with Crippen molar-refractivity contribution >= 4 is 29.2 Å². The van der Waals surface area contributed by atoms with Gasteiger partial charge in [0, 0.05) is 10.4 Å². The van der Waals surface area contributed by atoms with Gasteiger partial charge in [0.15, 0.2) is 0 Å². The lowest BCUT2D eigenvalue weighted by atomic mass is 9.80. The van der Waals surface area contributed by atoms with E-state index >= 15 is 0 Å². The van der Waals surface area contributed by atoms with Crippen molar-refractivity contribution in [2.75, 3.05) is 6.54 Å². The molecule has 1 unspecified atom stereocenters. The van der Waals surface area contributed by atoms with Gasteiger partial charge in [0.05, 0.1) is 0 Å². The lowest BCUT2D eigenvalue weighted by Gasteiger charge is -2.31. The van der Waals surface area contributed by atoms with Gasteiger partial charge in [-0.2, -0.15) is 0 Å². The molecule has 1 aromatic rings. The summed E-state index contributed by atoms with van der Waals surface area (Å²) in [4.78, 5) is 39.3. The van der Waals surface area contributed by atoms with Crippen LogP contribution < -0.4 is 5.32 Å². The van der Waals surface area contributed by atoms with Gasteiger partial charge >= 0.3 is 12.0 Å². The highest BCUT2D eigenvalue weighted by atomic mass is 32.1. The Morgan fingerprint density at radius 3 is 2.87 bits per heavy atom. The van der Waals surface area contributed by atoms with Gasteiger partial charge in [-0.15, -0.1) is 11.3 Å². The van der Waals surface area contributed by atoms with Gasteiger partial charge in [-0.3, -0.25) is 14.5 Å². The molecule has 0 saturated carbocycles. The number of nitrogens with one attached hydrogen (secondary N) is 1. The Hall–Kier alpha value is -1.89. The van der Waals surface area contributed by atoms with E-state index < -0.39 is 23.1 Å². The molecule has 3 rings (SSSR count). The van der Waals surface area contributed by atoms with E-state index in [4.69, 9.17) is 4.74 Å². The van der Waals surface area contributed by atoms with Crippen molar-refractivity contribution in [2.45, 2.75) is 51.2 Å². The zero-order valence-electron chi connectivity index (χ0n) is 13.5. The zero-order chi connectivity index (χ0) is 16.8. The second kappa shape index (κ2) is 5.33. The molecule has 2 heterocycles. The molecule has 1 fully saturated rings. The Morgan fingerprint density at radius 1 is 1.43 bits per heavy atom. The van der Waals surface area contributed by atoms with Crippen LogP contribution in [0.15, 0.2) is 11.4 Å². The number of ether oxygens (including phenoxy) is 1. The quantitative estimate of drug-likeness (QED) is 0.663. The van der Waals surface area contributed by atoms with Crippen LogP contribution >= 0.6 is 11.3 Å². The van der Waals surface area contributed by atoms with Crippen molar-refractivity contribution in [3.05, 3.63) is 21.9 Å². The van der Waals surface area contributed by atoms with Gasteiger partial charge in [-0.25, -0.2) is 4.79 Å². The summed E-state index contributed by atoms with van der Waals surface area (Å²) in [6, 6.07) is 1.37. The summed E-state index contributed by atoms with van der Waals surface area (Å²) in [5.41, 5.74) is -0.787. The van der Waals surface area contributed by atoms with Gasteiger partial charge in [0.2, 0.25) is 0 Å². The summed E-state index contributed by atoms with van der Waals surface area (Å²) in [5.74, 6) is -0.938. The average molecular weight is 336 g/mol. The number of carbonyl (C=O) groups excluding carboxylic acids is 3. The monoisotopic (exact) mass is 336 g/mol. The van der Waals surface area contributed by atoms with Crippen LogP contribution in [0, 0.1) is 0 Å².